The van der Waals surface area contributed by atoms with Crippen LogP contribution in [-0.2, 0) is 4.79 Å². The summed E-state index contributed by atoms with van der Waals surface area (Å²) < 4.78 is 12.9. The SMILES string of the molecule is CC(=O)NCCC(O)C(O)c1cccc(F)c1. The van der Waals surface area contributed by atoms with Crippen LogP contribution in [0.4, 0.5) is 4.39 Å². The van der Waals surface area contributed by atoms with E-state index in [-0.39, 0.29) is 18.9 Å². The zero-order valence-electron chi connectivity index (χ0n) is 9.56. The fourth-order valence-electron chi connectivity index (χ4n) is 1.47. The van der Waals surface area contributed by atoms with Crippen LogP contribution >= 0.6 is 0 Å². The predicted molar refractivity (Wildman–Crippen MR) is 60.7 cm³/mol. The molecule has 0 heterocycles. The average Bonchev–Trinajstić information content (AvgIpc) is 2.27. The molecule has 0 fully saturated rings. The minimum Gasteiger partial charge on any atom is -0.390 e. The fraction of sp³-hybridized carbons (Fsp3) is 0.417. The first-order valence-electron chi connectivity index (χ1n) is 5.36. The summed E-state index contributed by atoms with van der Waals surface area (Å²) in [5.41, 5.74) is 0.320. The van der Waals surface area contributed by atoms with E-state index in [4.69, 9.17) is 0 Å². The summed E-state index contributed by atoms with van der Waals surface area (Å²) >= 11 is 0. The molecule has 3 N–H and O–H groups in total. The Morgan fingerprint density at radius 1 is 1.47 bits per heavy atom. The summed E-state index contributed by atoms with van der Waals surface area (Å²) in [6.07, 6.45) is -1.99. The van der Waals surface area contributed by atoms with Crippen LogP contribution in [0.1, 0.15) is 25.0 Å². The van der Waals surface area contributed by atoms with Gasteiger partial charge in [-0.3, -0.25) is 4.79 Å². The van der Waals surface area contributed by atoms with E-state index < -0.39 is 18.0 Å². The van der Waals surface area contributed by atoms with Gasteiger partial charge in [-0.05, 0) is 24.1 Å². The fourth-order valence-corrected chi connectivity index (χ4v) is 1.47. The summed E-state index contributed by atoms with van der Waals surface area (Å²) in [4.78, 5) is 10.6. The van der Waals surface area contributed by atoms with Crippen molar-refractivity contribution in [2.24, 2.45) is 0 Å². The minimum atomic E-state index is -1.15. The number of aliphatic hydroxyl groups excluding tert-OH is 2. The van der Waals surface area contributed by atoms with Crippen LogP contribution in [0.2, 0.25) is 0 Å². The summed E-state index contributed by atoms with van der Waals surface area (Å²) in [6, 6.07) is 5.44. The molecular formula is C12H16FNO3. The van der Waals surface area contributed by atoms with Gasteiger partial charge in [0, 0.05) is 13.5 Å². The number of hydrogen-bond donors (Lipinski definition) is 3. The number of carbonyl (C=O) groups is 1. The maximum absolute atomic E-state index is 12.9. The highest BCUT2D eigenvalue weighted by atomic mass is 19.1. The molecule has 1 amide bonds. The van der Waals surface area contributed by atoms with Gasteiger partial charge in [0.2, 0.25) is 5.91 Å². The van der Waals surface area contributed by atoms with Crippen molar-refractivity contribution in [2.45, 2.75) is 25.6 Å². The van der Waals surface area contributed by atoms with Crippen molar-refractivity contribution in [1.29, 1.82) is 0 Å². The summed E-state index contributed by atoms with van der Waals surface area (Å²) in [6.45, 7) is 1.64. The van der Waals surface area contributed by atoms with Crippen molar-refractivity contribution in [3.05, 3.63) is 35.6 Å². The molecular weight excluding hydrogens is 225 g/mol. The molecule has 2 unspecified atom stereocenters. The Hall–Kier alpha value is -1.46. The Labute approximate surface area is 99.1 Å². The third-order valence-electron chi connectivity index (χ3n) is 2.37. The molecule has 0 bridgehead atoms. The lowest BCUT2D eigenvalue weighted by molar-refractivity contribution is -0.119. The van der Waals surface area contributed by atoms with Gasteiger partial charge < -0.3 is 15.5 Å². The summed E-state index contributed by atoms with van der Waals surface area (Å²) in [7, 11) is 0. The molecule has 5 heteroatoms. The van der Waals surface area contributed by atoms with Crippen LogP contribution in [0, 0.1) is 5.82 Å². The second-order valence-corrected chi connectivity index (χ2v) is 3.84. The van der Waals surface area contributed by atoms with Gasteiger partial charge in [-0.15, -0.1) is 0 Å². The van der Waals surface area contributed by atoms with Crippen molar-refractivity contribution in [3.8, 4) is 0 Å². The highest BCUT2D eigenvalue weighted by Crippen LogP contribution is 2.19. The van der Waals surface area contributed by atoms with Crippen molar-refractivity contribution in [2.75, 3.05) is 6.54 Å². The molecule has 0 aromatic heterocycles. The minimum absolute atomic E-state index is 0.197. The maximum Gasteiger partial charge on any atom is 0.216 e. The molecule has 0 aliphatic carbocycles. The lowest BCUT2D eigenvalue weighted by Gasteiger charge is -2.18. The highest BCUT2D eigenvalue weighted by molar-refractivity contribution is 5.72. The number of nitrogens with one attached hydrogen (secondary N) is 1. The van der Waals surface area contributed by atoms with Crippen LogP contribution in [0.5, 0.6) is 0 Å². The first-order valence-corrected chi connectivity index (χ1v) is 5.36. The van der Waals surface area contributed by atoms with Gasteiger partial charge in [0.15, 0.2) is 0 Å². The largest absolute Gasteiger partial charge is 0.390 e. The molecule has 0 saturated heterocycles. The molecule has 1 aromatic carbocycles. The highest BCUT2D eigenvalue weighted by Gasteiger charge is 2.18. The van der Waals surface area contributed by atoms with E-state index in [1.54, 1.807) is 0 Å². The van der Waals surface area contributed by atoms with Crippen molar-refractivity contribution < 1.29 is 19.4 Å². The van der Waals surface area contributed by atoms with Gasteiger partial charge in [-0.25, -0.2) is 4.39 Å². The lowest BCUT2D eigenvalue weighted by atomic mass is 10.0. The summed E-state index contributed by atoms with van der Waals surface area (Å²) in [5.74, 6) is -0.659. The monoisotopic (exact) mass is 241 g/mol. The van der Waals surface area contributed by atoms with E-state index in [1.807, 2.05) is 0 Å². The number of rotatable bonds is 5. The smallest absolute Gasteiger partial charge is 0.216 e. The van der Waals surface area contributed by atoms with Crippen LogP contribution < -0.4 is 5.32 Å². The molecule has 0 radical (unpaired) electrons. The number of aliphatic hydroxyl groups is 2. The van der Waals surface area contributed by atoms with E-state index in [1.165, 1.54) is 31.2 Å². The Balaban J connectivity index is 2.51. The molecule has 17 heavy (non-hydrogen) atoms. The third-order valence-corrected chi connectivity index (χ3v) is 2.37. The first-order chi connectivity index (χ1) is 8.00. The molecule has 0 aliphatic rings. The van der Waals surface area contributed by atoms with Crippen molar-refractivity contribution in [3.63, 3.8) is 0 Å². The third kappa shape index (κ3) is 4.50. The molecule has 0 spiro atoms. The molecule has 1 aromatic rings. The van der Waals surface area contributed by atoms with E-state index in [0.717, 1.165) is 0 Å². The van der Waals surface area contributed by atoms with Crippen LogP contribution in [0.15, 0.2) is 24.3 Å². The first kappa shape index (κ1) is 13.6. The van der Waals surface area contributed by atoms with Gasteiger partial charge in [-0.1, -0.05) is 12.1 Å². The average molecular weight is 241 g/mol. The molecule has 0 aliphatic heterocycles. The number of hydrogen-bond acceptors (Lipinski definition) is 3. The van der Waals surface area contributed by atoms with E-state index >= 15 is 0 Å². The van der Waals surface area contributed by atoms with Gasteiger partial charge in [0.05, 0.1) is 6.10 Å². The van der Waals surface area contributed by atoms with Crippen LogP contribution in [-0.4, -0.2) is 28.8 Å². The second-order valence-electron chi connectivity index (χ2n) is 3.84. The number of carbonyl (C=O) groups excluding carboxylic acids is 1. The second kappa shape index (κ2) is 6.32. The van der Waals surface area contributed by atoms with E-state index in [9.17, 15) is 19.4 Å². The van der Waals surface area contributed by atoms with Crippen LogP contribution in [0.3, 0.4) is 0 Å². The van der Waals surface area contributed by atoms with Crippen molar-refractivity contribution in [1.82, 2.24) is 5.32 Å². The van der Waals surface area contributed by atoms with Gasteiger partial charge in [0.25, 0.3) is 0 Å². The topological polar surface area (TPSA) is 69.6 Å². The summed E-state index contributed by atoms with van der Waals surface area (Å²) in [5, 5.41) is 21.9. The Kier molecular flexibility index (Phi) is 5.06. The Bertz CT molecular complexity index is 384. The quantitative estimate of drug-likeness (QED) is 0.712. The lowest BCUT2D eigenvalue weighted by Crippen LogP contribution is -2.27. The number of halogens is 1. The zero-order valence-corrected chi connectivity index (χ0v) is 9.56. The number of amides is 1. The molecule has 94 valence electrons. The van der Waals surface area contributed by atoms with Gasteiger partial charge in [-0.2, -0.15) is 0 Å². The van der Waals surface area contributed by atoms with Crippen LogP contribution in [0.25, 0.3) is 0 Å². The molecule has 2 atom stereocenters. The maximum atomic E-state index is 12.9. The molecule has 4 nitrogen and oxygen atoms in total. The van der Waals surface area contributed by atoms with Gasteiger partial charge >= 0.3 is 0 Å². The van der Waals surface area contributed by atoms with E-state index in [2.05, 4.69) is 5.32 Å². The van der Waals surface area contributed by atoms with E-state index in [0.29, 0.717) is 5.56 Å². The normalized spacial score (nSPS) is 14.1. The standard InChI is InChI=1S/C12H16FNO3/c1-8(15)14-6-5-11(16)12(17)9-3-2-4-10(13)7-9/h2-4,7,11-12,16-17H,5-6H2,1H3,(H,14,15). The molecule has 1 rings (SSSR count). The van der Waals surface area contributed by atoms with Crippen molar-refractivity contribution >= 4 is 5.91 Å². The Morgan fingerprint density at radius 3 is 2.76 bits per heavy atom. The zero-order chi connectivity index (χ0) is 12.8. The molecule has 0 saturated carbocycles. The predicted octanol–water partition coefficient (Wildman–Crippen LogP) is 0.746. The van der Waals surface area contributed by atoms with Gasteiger partial charge in [0.1, 0.15) is 11.9 Å². The number of benzene rings is 1. The Morgan fingerprint density at radius 2 is 2.18 bits per heavy atom.